The first-order chi connectivity index (χ1) is 7.20. The summed E-state index contributed by atoms with van der Waals surface area (Å²) in [4.78, 5) is 7.09. The predicted octanol–water partition coefficient (Wildman–Crippen LogP) is 2.62. The van der Waals surface area contributed by atoms with Gasteiger partial charge in [0, 0.05) is 5.54 Å². The lowest BCUT2D eigenvalue weighted by Gasteiger charge is -2.17. The van der Waals surface area contributed by atoms with Gasteiger partial charge >= 0.3 is 6.08 Å². The molecule has 2 saturated carbocycles. The molecule has 5 heteroatoms. The molecular formula is C10H11ClFN3. The maximum atomic E-state index is 12.8. The smallest absolute Gasteiger partial charge is 0.310 e. The Kier molecular flexibility index (Phi) is 1.89. The molecule has 1 N–H and O–H groups in total. The predicted molar refractivity (Wildman–Crippen MR) is 55.3 cm³/mol. The fourth-order valence-electron chi connectivity index (χ4n) is 2.07. The van der Waals surface area contributed by atoms with E-state index in [0.717, 1.165) is 18.8 Å². The van der Waals surface area contributed by atoms with Gasteiger partial charge in [-0.15, -0.1) is 0 Å². The highest BCUT2D eigenvalue weighted by Crippen LogP contribution is 2.55. The second-order valence-electron chi connectivity index (χ2n) is 4.39. The van der Waals surface area contributed by atoms with Crippen molar-refractivity contribution in [1.29, 1.82) is 0 Å². The summed E-state index contributed by atoms with van der Waals surface area (Å²) < 4.78 is 12.8. The normalized spacial score (nSPS) is 22.5. The number of anilines is 1. The van der Waals surface area contributed by atoms with Gasteiger partial charge < -0.3 is 5.32 Å². The third-order valence-electron chi connectivity index (χ3n) is 3.23. The van der Waals surface area contributed by atoms with Gasteiger partial charge in [-0.3, -0.25) is 0 Å². The Balaban J connectivity index is 1.84. The van der Waals surface area contributed by atoms with Gasteiger partial charge in [0.25, 0.3) is 0 Å². The van der Waals surface area contributed by atoms with Gasteiger partial charge in [0.15, 0.2) is 5.82 Å². The molecule has 0 atom stereocenters. The van der Waals surface area contributed by atoms with E-state index >= 15 is 0 Å². The van der Waals surface area contributed by atoms with Crippen LogP contribution in [0.3, 0.4) is 0 Å². The lowest BCUT2D eigenvalue weighted by atomic mass is 10.1. The molecule has 1 aromatic heterocycles. The fraction of sp³-hybridized carbons (Fsp3) is 0.600. The minimum atomic E-state index is -0.728. The summed E-state index contributed by atoms with van der Waals surface area (Å²) in [6, 6.07) is 0. The van der Waals surface area contributed by atoms with E-state index in [-0.39, 0.29) is 5.54 Å². The summed E-state index contributed by atoms with van der Waals surface area (Å²) in [6.45, 7) is 0. The number of nitrogens with one attached hydrogen (secondary N) is 1. The summed E-state index contributed by atoms with van der Waals surface area (Å²) in [5, 5.41) is 3.67. The van der Waals surface area contributed by atoms with Crippen molar-refractivity contribution in [2.24, 2.45) is 5.92 Å². The van der Waals surface area contributed by atoms with Crippen LogP contribution in [0.15, 0.2) is 6.20 Å². The van der Waals surface area contributed by atoms with Gasteiger partial charge in [-0.1, -0.05) is 11.6 Å². The van der Waals surface area contributed by atoms with E-state index in [0.29, 0.717) is 10.8 Å². The largest absolute Gasteiger partial charge is 0.363 e. The van der Waals surface area contributed by atoms with Crippen LogP contribution in [0.1, 0.15) is 25.7 Å². The van der Waals surface area contributed by atoms with Crippen LogP contribution in [0.2, 0.25) is 5.02 Å². The molecule has 1 heterocycles. The molecule has 3 rings (SSSR count). The summed E-state index contributed by atoms with van der Waals surface area (Å²) in [5.74, 6) is 1.17. The fourth-order valence-corrected chi connectivity index (χ4v) is 2.21. The van der Waals surface area contributed by atoms with E-state index in [1.165, 1.54) is 19.0 Å². The van der Waals surface area contributed by atoms with Crippen LogP contribution in [0, 0.1) is 12.0 Å². The molecule has 3 nitrogen and oxygen atoms in total. The molecule has 1 aromatic rings. The van der Waals surface area contributed by atoms with Gasteiger partial charge in [0.05, 0.1) is 6.20 Å². The van der Waals surface area contributed by atoms with E-state index in [4.69, 9.17) is 11.6 Å². The molecule has 2 fully saturated rings. The summed E-state index contributed by atoms with van der Waals surface area (Å²) in [6.07, 6.45) is 5.37. The topological polar surface area (TPSA) is 37.8 Å². The number of hydrogen-bond acceptors (Lipinski definition) is 3. The minimum Gasteiger partial charge on any atom is -0.363 e. The monoisotopic (exact) mass is 227 g/mol. The van der Waals surface area contributed by atoms with Crippen LogP contribution in [0.25, 0.3) is 0 Å². The average Bonchev–Trinajstić information content (AvgIpc) is 3.01. The summed E-state index contributed by atoms with van der Waals surface area (Å²) >= 11 is 5.90. The molecule has 0 aromatic carbocycles. The van der Waals surface area contributed by atoms with Crippen LogP contribution >= 0.6 is 11.6 Å². The first-order valence-electron chi connectivity index (χ1n) is 5.16. The highest BCUT2D eigenvalue weighted by atomic mass is 35.5. The van der Waals surface area contributed by atoms with Crippen molar-refractivity contribution in [3.8, 4) is 0 Å². The first kappa shape index (κ1) is 9.33. The second kappa shape index (κ2) is 3.04. The number of hydrogen-bond donors (Lipinski definition) is 1. The maximum absolute atomic E-state index is 12.8. The molecule has 0 radical (unpaired) electrons. The first-order valence-corrected chi connectivity index (χ1v) is 5.54. The quantitative estimate of drug-likeness (QED) is 0.807. The molecule has 0 amide bonds. The molecule has 0 spiro atoms. The van der Waals surface area contributed by atoms with E-state index in [1.807, 2.05) is 0 Å². The Morgan fingerprint density at radius 2 is 2.20 bits per heavy atom. The molecule has 0 saturated heterocycles. The lowest BCUT2D eigenvalue weighted by Crippen LogP contribution is -2.24. The number of nitrogens with zero attached hydrogens (tertiary/aromatic N) is 2. The van der Waals surface area contributed by atoms with Crippen molar-refractivity contribution < 1.29 is 4.39 Å². The van der Waals surface area contributed by atoms with Gasteiger partial charge in [-0.25, -0.2) is 4.98 Å². The van der Waals surface area contributed by atoms with E-state index in [1.54, 1.807) is 0 Å². The minimum absolute atomic E-state index is 0.157. The van der Waals surface area contributed by atoms with E-state index < -0.39 is 6.08 Å². The Morgan fingerprint density at radius 3 is 2.80 bits per heavy atom. The Hall–Kier alpha value is -0.900. The zero-order valence-electron chi connectivity index (χ0n) is 8.13. The molecule has 0 unspecified atom stereocenters. The molecular weight excluding hydrogens is 217 g/mol. The van der Waals surface area contributed by atoms with Crippen LogP contribution < -0.4 is 5.32 Å². The maximum Gasteiger partial charge on any atom is 0.310 e. The van der Waals surface area contributed by atoms with Crippen molar-refractivity contribution in [1.82, 2.24) is 9.97 Å². The van der Waals surface area contributed by atoms with Crippen LogP contribution in [-0.4, -0.2) is 15.5 Å². The standard InChI is InChI=1S/C10H11ClFN3/c11-7-5-13-9(12)14-8(7)15-10(3-4-10)6-1-2-6/h5-6H,1-4H2,(H,13,14,15). The van der Waals surface area contributed by atoms with E-state index in [9.17, 15) is 4.39 Å². The Labute approximate surface area is 92.1 Å². The zero-order chi connectivity index (χ0) is 10.5. The highest BCUT2D eigenvalue weighted by molar-refractivity contribution is 6.32. The Morgan fingerprint density at radius 1 is 1.47 bits per heavy atom. The van der Waals surface area contributed by atoms with Gasteiger partial charge in [-0.2, -0.15) is 9.37 Å². The molecule has 2 aliphatic rings. The lowest BCUT2D eigenvalue weighted by molar-refractivity contribution is 0.536. The number of halogens is 2. The van der Waals surface area contributed by atoms with E-state index in [2.05, 4.69) is 15.3 Å². The molecule has 15 heavy (non-hydrogen) atoms. The number of rotatable bonds is 3. The van der Waals surface area contributed by atoms with Crippen molar-refractivity contribution >= 4 is 17.4 Å². The van der Waals surface area contributed by atoms with Crippen molar-refractivity contribution in [3.63, 3.8) is 0 Å². The highest BCUT2D eigenvalue weighted by Gasteiger charge is 2.54. The number of aromatic nitrogens is 2. The molecule has 80 valence electrons. The Bertz CT molecular complexity index is 402. The van der Waals surface area contributed by atoms with Gasteiger partial charge in [0.1, 0.15) is 5.02 Å². The molecule has 2 aliphatic carbocycles. The van der Waals surface area contributed by atoms with Crippen molar-refractivity contribution in [2.75, 3.05) is 5.32 Å². The van der Waals surface area contributed by atoms with Gasteiger partial charge in [0.2, 0.25) is 0 Å². The zero-order valence-corrected chi connectivity index (χ0v) is 8.89. The third kappa shape index (κ3) is 1.67. The summed E-state index contributed by atoms with van der Waals surface area (Å²) in [7, 11) is 0. The van der Waals surface area contributed by atoms with Crippen LogP contribution in [-0.2, 0) is 0 Å². The molecule has 0 bridgehead atoms. The molecule has 0 aliphatic heterocycles. The van der Waals surface area contributed by atoms with Crippen LogP contribution in [0.4, 0.5) is 10.2 Å². The average molecular weight is 228 g/mol. The SMILES string of the molecule is Fc1ncc(Cl)c(NC2(C3CC3)CC2)n1. The van der Waals surface area contributed by atoms with Crippen LogP contribution in [0.5, 0.6) is 0 Å². The second-order valence-corrected chi connectivity index (χ2v) is 4.80. The third-order valence-corrected chi connectivity index (χ3v) is 3.51. The van der Waals surface area contributed by atoms with Crippen molar-refractivity contribution in [2.45, 2.75) is 31.2 Å². The van der Waals surface area contributed by atoms with Gasteiger partial charge in [-0.05, 0) is 31.6 Å². The summed E-state index contributed by atoms with van der Waals surface area (Å²) in [5.41, 5.74) is 0.157. The van der Waals surface area contributed by atoms with Crippen molar-refractivity contribution in [3.05, 3.63) is 17.3 Å².